The number of amidine groups is 1. The van der Waals surface area contributed by atoms with E-state index < -0.39 is 11.3 Å². The van der Waals surface area contributed by atoms with Crippen LogP contribution in [0.3, 0.4) is 0 Å². The number of nitrogens with one attached hydrogen (secondary N) is 1. The zero-order chi connectivity index (χ0) is 17.9. The van der Waals surface area contributed by atoms with Gasteiger partial charge in [0.1, 0.15) is 23.5 Å². The second kappa shape index (κ2) is 7.76. The summed E-state index contributed by atoms with van der Waals surface area (Å²) in [5.74, 6) is -0.0699. The van der Waals surface area contributed by atoms with Crippen LogP contribution in [-0.2, 0) is 14.3 Å². The Balaban J connectivity index is 1.80. The van der Waals surface area contributed by atoms with Gasteiger partial charge in [-0.15, -0.1) is 11.3 Å². The lowest BCUT2D eigenvalue weighted by molar-refractivity contribution is -0.139. The number of nitrogens with zero attached hydrogens (tertiary/aromatic N) is 3. The molecule has 124 valence electrons. The van der Waals surface area contributed by atoms with E-state index in [1.54, 1.807) is 6.20 Å². The maximum absolute atomic E-state index is 12.4. The van der Waals surface area contributed by atoms with Gasteiger partial charge >= 0.3 is 5.97 Å². The van der Waals surface area contributed by atoms with E-state index in [1.807, 2.05) is 5.38 Å². The molecule has 3 rings (SSSR count). The summed E-state index contributed by atoms with van der Waals surface area (Å²) in [5.41, 5.74) is 1.02. The zero-order valence-corrected chi connectivity index (χ0v) is 14.4. The molecule has 2 aliphatic heterocycles. The van der Waals surface area contributed by atoms with Crippen LogP contribution in [0.5, 0.6) is 0 Å². The van der Waals surface area contributed by atoms with Gasteiger partial charge in [0, 0.05) is 36.9 Å². The lowest BCUT2D eigenvalue weighted by Gasteiger charge is -2.31. The predicted octanol–water partition coefficient (Wildman–Crippen LogP) is -1.26. The Morgan fingerprint density at radius 1 is 1.40 bits per heavy atom. The van der Waals surface area contributed by atoms with E-state index in [-0.39, 0.29) is 6.54 Å². The summed E-state index contributed by atoms with van der Waals surface area (Å²) in [5, 5.41) is 3.77. The Morgan fingerprint density at radius 2 is 2.16 bits per heavy atom. The third kappa shape index (κ3) is 4.96. The molecule has 25 heavy (non-hydrogen) atoms. The molecular weight excluding hydrogens is 337 g/mol. The second-order valence-corrected chi connectivity index (χ2v) is 6.61. The summed E-state index contributed by atoms with van der Waals surface area (Å²) < 4.78 is 10.3. The van der Waals surface area contributed by atoms with Gasteiger partial charge in [0.25, 0.3) is 0 Å². The highest BCUT2D eigenvalue weighted by Crippen LogP contribution is 2.17. The van der Waals surface area contributed by atoms with Crippen molar-refractivity contribution in [2.45, 2.75) is 5.30 Å². The fourth-order valence-electron chi connectivity index (χ4n) is 2.50. The van der Waals surface area contributed by atoms with Gasteiger partial charge in [-0.2, -0.15) is 0 Å². The van der Waals surface area contributed by atoms with Crippen molar-refractivity contribution in [3.63, 3.8) is 0 Å². The highest BCUT2D eigenvalue weighted by atomic mass is 32.1. The van der Waals surface area contributed by atoms with Crippen LogP contribution in [0.25, 0.3) is 0 Å². The predicted molar refractivity (Wildman–Crippen MR) is 97.0 cm³/mol. The molecule has 0 aliphatic carbocycles. The van der Waals surface area contributed by atoms with Crippen LogP contribution in [0.2, 0.25) is 0 Å². The van der Waals surface area contributed by atoms with Gasteiger partial charge in [-0.25, -0.2) is 9.78 Å². The second-order valence-electron chi connectivity index (χ2n) is 5.72. The summed E-state index contributed by atoms with van der Waals surface area (Å²) in [7, 11) is 16.1. The van der Waals surface area contributed by atoms with Gasteiger partial charge in [-0.05, 0) is 5.30 Å². The fourth-order valence-corrected chi connectivity index (χ4v) is 3.10. The molecule has 1 saturated heterocycles. The molecule has 0 aromatic carbocycles. The number of esters is 1. The van der Waals surface area contributed by atoms with Crippen LogP contribution in [0.15, 0.2) is 27.8 Å². The number of thiazole rings is 1. The molecule has 1 aromatic rings. The number of rotatable bonds is 5. The lowest BCUT2D eigenvalue weighted by atomic mass is 9.52. The number of aromatic nitrogens is 1. The van der Waals surface area contributed by atoms with Crippen LogP contribution in [-0.4, -0.2) is 89.9 Å². The molecule has 0 unspecified atom stereocenters. The minimum Gasteiger partial charge on any atom is -0.485 e. The molecule has 1 N–H and O–H groups in total. The van der Waals surface area contributed by atoms with E-state index in [4.69, 9.17) is 33.0 Å². The molecule has 6 radical (unpaired) electrons. The van der Waals surface area contributed by atoms with Crippen molar-refractivity contribution in [1.29, 1.82) is 0 Å². The van der Waals surface area contributed by atoms with Gasteiger partial charge in [-0.3, -0.25) is 9.89 Å². The van der Waals surface area contributed by atoms with Crippen molar-refractivity contribution in [3.05, 3.63) is 27.9 Å². The molecule has 0 saturated carbocycles. The summed E-state index contributed by atoms with van der Waals surface area (Å²) in [6.45, 7) is 3.50. The minimum atomic E-state index is -2.03. The Morgan fingerprint density at radius 3 is 2.80 bits per heavy atom. The molecule has 1 fully saturated rings. The van der Waals surface area contributed by atoms with Crippen molar-refractivity contribution in [2.75, 3.05) is 39.4 Å². The molecule has 7 nitrogen and oxygen atoms in total. The van der Waals surface area contributed by atoms with Gasteiger partial charge in [-0.1, -0.05) is 0 Å². The average molecular weight is 352 g/mol. The molecule has 1 aromatic heterocycles. The maximum Gasteiger partial charge on any atom is 0.335 e. The standard InChI is InChI=1S/C14H15B3N4O3S/c15-14(16,17)24-13(22)9-7-19-11(12-18-1-6-25-12)20-10(9)8-21-2-4-23-5-3-21/h1,6H,2-5,7-8H2,(H,19,20). The van der Waals surface area contributed by atoms with Gasteiger partial charge in [0.05, 0.1) is 25.3 Å². The lowest BCUT2D eigenvalue weighted by Crippen LogP contribution is -2.44. The number of hydrogen-bond acceptors (Lipinski definition) is 8. The first-order valence-corrected chi connectivity index (χ1v) is 8.64. The highest BCUT2D eigenvalue weighted by Gasteiger charge is 2.27. The first-order chi connectivity index (χ1) is 11.9. The molecule has 11 heteroatoms. The van der Waals surface area contributed by atoms with E-state index in [1.165, 1.54) is 11.3 Å². The number of carbonyl (C=O) groups excluding carboxylic acids is 1. The smallest absolute Gasteiger partial charge is 0.335 e. The monoisotopic (exact) mass is 352 g/mol. The molecule has 3 heterocycles. The SMILES string of the molecule is [B]C([B])([B])OC(=O)C1=C(CN2CCOCC2)NC(c2nccs2)=NC1. The van der Waals surface area contributed by atoms with Crippen LogP contribution >= 0.6 is 11.3 Å². The van der Waals surface area contributed by atoms with Crippen LogP contribution < -0.4 is 5.32 Å². The number of hydrogen-bond donors (Lipinski definition) is 1. The summed E-state index contributed by atoms with van der Waals surface area (Å²) in [4.78, 5) is 23.2. The first-order valence-electron chi connectivity index (χ1n) is 7.76. The zero-order valence-electron chi connectivity index (χ0n) is 13.6. The molecule has 0 amide bonds. The highest BCUT2D eigenvalue weighted by molar-refractivity contribution is 7.11. The van der Waals surface area contributed by atoms with Crippen molar-refractivity contribution >= 4 is 46.7 Å². The van der Waals surface area contributed by atoms with E-state index in [0.29, 0.717) is 36.9 Å². The van der Waals surface area contributed by atoms with E-state index >= 15 is 0 Å². The molecule has 0 atom stereocenters. The van der Waals surface area contributed by atoms with Gasteiger partial charge in [0.15, 0.2) is 10.8 Å². The summed E-state index contributed by atoms with van der Waals surface area (Å²) in [6.07, 6.45) is 1.70. The van der Waals surface area contributed by atoms with Crippen LogP contribution in [0.4, 0.5) is 0 Å². The van der Waals surface area contributed by atoms with Crippen molar-refractivity contribution in [2.24, 2.45) is 4.99 Å². The van der Waals surface area contributed by atoms with Crippen LogP contribution in [0.1, 0.15) is 5.01 Å². The Kier molecular flexibility index (Phi) is 5.66. The van der Waals surface area contributed by atoms with Gasteiger partial charge < -0.3 is 14.8 Å². The Hall–Kier alpha value is -1.58. The normalized spacial score (nSPS) is 19.3. The largest absolute Gasteiger partial charge is 0.485 e. The Labute approximate surface area is 154 Å². The fraction of sp³-hybridized carbons (Fsp3) is 0.500. The number of morpholine rings is 1. The number of carbonyl (C=O) groups is 1. The first kappa shape index (κ1) is 18.2. The number of ether oxygens (including phenoxy) is 2. The van der Waals surface area contributed by atoms with E-state index in [9.17, 15) is 4.79 Å². The van der Waals surface area contributed by atoms with E-state index in [2.05, 4.69) is 20.2 Å². The molecular formula is C14H15B3N4O3S. The van der Waals surface area contributed by atoms with Crippen molar-refractivity contribution < 1.29 is 14.3 Å². The minimum absolute atomic E-state index is 0.135. The summed E-state index contributed by atoms with van der Waals surface area (Å²) in [6, 6.07) is 0. The molecule has 2 aliphatic rings. The summed E-state index contributed by atoms with van der Waals surface area (Å²) >= 11 is 1.46. The Bertz CT molecular complexity index is 682. The third-order valence-electron chi connectivity index (χ3n) is 3.67. The number of aliphatic imine (C=N–C) groups is 1. The van der Waals surface area contributed by atoms with Crippen molar-refractivity contribution in [3.8, 4) is 0 Å². The average Bonchev–Trinajstić information content (AvgIpc) is 3.08. The van der Waals surface area contributed by atoms with Crippen LogP contribution in [0, 0.1) is 0 Å². The topological polar surface area (TPSA) is 76.0 Å². The van der Waals surface area contributed by atoms with E-state index in [0.717, 1.165) is 18.1 Å². The molecule has 0 spiro atoms. The maximum atomic E-state index is 12.4. The quantitative estimate of drug-likeness (QED) is 0.527. The van der Waals surface area contributed by atoms with Crippen molar-refractivity contribution in [1.82, 2.24) is 15.2 Å². The third-order valence-corrected chi connectivity index (χ3v) is 4.44. The molecule has 0 bridgehead atoms. The van der Waals surface area contributed by atoms with Gasteiger partial charge in [0.2, 0.25) is 0 Å².